The number of sulfonamides is 1. The summed E-state index contributed by atoms with van der Waals surface area (Å²) in [6.45, 7) is 4.25. The van der Waals surface area contributed by atoms with Gasteiger partial charge in [-0.2, -0.15) is 11.8 Å². The lowest BCUT2D eigenvalue weighted by Crippen LogP contribution is -2.48. The Bertz CT molecular complexity index is 698. The highest BCUT2D eigenvalue weighted by Crippen LogP contribution is 2.27. The van der Waals surface area contributed by atoms with Crippen LogP contribution in [0.25, 0.3) is 0 Å². The van der Waals surface area contributed by atoms with Crippen molar-refractivity contribution in [2.45, 2.75) is 63.7 Å². The molecule has 1 unspecified atom stereocenters. The number of nitrogens with zero attached hydrogens (tertiary/aromatic N) is 1. The lowest BCUT2D eigenvalue weighted by Gasteiger charge is -2.28. The summed E-state index contributed by atoms with van der Waals surface area (Å²) >= 11 is 1.92. The van der Waals surface area contributed by atoms with E-state index in [1.54, 1.807) is 19.1 Å². The average molecular weight is 413 g/mol. The van der Waals surface area contributed by atoms with Gasteiger partial charge in [0.05, 0.1) is 11.9 Å². The molecule has 1 aromatic carbocycles. The first-order valence-electron chi connectivity index (χ1n) is 9.80. The van der Waals surface area contributed by atoms with Crippen molar-refractivity contribution in [1.82, 2.24) is 5.32 Å². The molecular weight excluding hydrogens is 380 g/mol. The van der Waals surface area contributed by atoms with Gasteiger partial charge in [0.15, 0.2) is 0 Å². The van der Waals surface area contributed by atoms with Crippen molar-refractivity contribution >= 4 is 33.4 Å². The number of rotatable bonds is 9. The molecule has 0 radical (unpaired) electrons. The van der Waals surface area contributed by atoms with Gasteiger partial charge in [-0.15, -0.1) is 0 Å². The Balaban J connectivity index is 1.93. The molecule has 1 atom stereocenters. The molecule has 7 heteroatoms. The van der Waals surface area contributed by atoms with Gasteiger partial charge in [-0.3, -0.25) is 9.10 Å². The van der Waals surface area contributed by atoms with Crippen molar-refractivity contribution < 1.29 is 13.2 Å². The SMILES string of the molecule is CCc1ccc(N(C(C)C(=O)NCCSC2CCCCC2)S(C)(=O)=O)cc1. The quantitative estimate of drug-likeness (QED) is 0.630. The van der Waals surface area contributed by atoms with Crippen LogP contribution in [0.2, 0.25) is 0 Å². The molecule has 5 nitrogen and oxygen atoms in total. The van der Waals surface area contributed by atoms with E-state index in [2.05, 4.69) is 5.32 Å². The Morgan fingerprint density at radius 3 is 2.41 bits per heavy atom. The number of nitrogens with one attached hydrogen (secondary N) is 1. The number of hydrogen-bond donors (Lipinski definition) is 1. The molecule has 1 amide bonds. The van der Waals surface area contributed by atoms with E-state index in [1.165, 1.54) is 36.4 Å². The van der Waals surface area contributed by atoms with E-state index in [-0.39, 0.29) is 5.91 Å². The van der Waals surface area contributed by atoms with Crippen molar-refractivity contribution in [2.24, 2.45) is 0 Å². The first-order chi connectivity index (χ1) is 12.8. The molecule has 0 heterocycles. The van der Waals surface area contributed by atoms with E-state index < -0.39 is 16.1 Å². The summed E-state index contributed by atoms with van der Waals surface area (Å²) < 4.78 is 25.8. The Hall–Kier alpha value is -1.21. The molecule has 2 rings (SSSR count). The number of amides is 1. The minimum absolute atomic E-state index is 0.260. The molecule has 27 heavy (non-hydrogen) atoms. The number of hydrogen-bond acceptors (Lipinski definition) is 4. The highest BCUT2D eigenvalue weighted by molar-refractivity contribution is 7.99. The van der Waals surface area contributed by atoms with Gasteiger partial charge < -0.3 is 5.32 Å². The van der Waals surface area contributed by atoms with E-state index in [0.29, 0.717) is 17.5 Å². The van der Waals surface area contributed by atoms with Crippen LogP contribution in [-0.2, 0) is 21.2 Å². The minimum atomic E-state index is -3.56. The molecule has 0 bridgehead atoms. The van der Waals surface area contributed by atoms with Crippen LogP contribution in [0, 0.1) is 0 Å². The fourth-order valence-corrected chi connectivity index (χ4v) is 5.86. The number of aryl methyl sites for hydroxylation is 1. The maximum Gasteiger partial charge on any atom is 0.243 e. The van der Waals surface area contributed by atoms with E-state index in [0.717, 1.165) is 24.0 Å². The first-order valence-corrected chi connectivity index (χ1v) is 12.7. The van der Waals surface area contributed by atoms with Crippen LogP contribution in [0.5, 0.6) is 0 Å². The second-order valence-electron chi connectivity index (χ2n) is 7.18. The lowest BCUT2D eigenvalue weighted by atomic mass is 10.0. The molecule has 1 aliphatic rings. The third-order valence-corrected chi connectivity index (χ3v) is 7.62. The third kappa shape index (κ3) is 6.71. The average Bonchev–Trinajstić information content (AvgIpc) is 2.65. The zero-order chi connectivity index (χ0) is 19.9. The largest absolute Gasteiger partial charge is 0.353 e. The minimum Gasteiger partial charge on any atom is -0.353 e. The molecule has 0 saturated heterocycles. The Morgan fingerprint density at radius 1 is 1.22 bits per heavy atom. The molecular formula is C20H32N2O3S2. The van der Waals surface area contributed by atoms with Crippen molar-refractivity contribution in [3.05, 3.63) is 29.8 Å². The smallest absolute Gasteiger partial charge is 0.243 e. The van der Waals surface area contributed by atoms with Crippen molar-refractivity contribution in [1.29, 1.82) is 0 Å². The fourth-order valence-electron chi connectivity index (χ4n) is 3.47. The van der Waals surface area contributed by atoms with Crippen molar-refractivity contribution in [3.8, 4) is 0 Å². The van der Waals surface area contributed by atoms with Crippen LogP contribution in [0.15, 0.2) is 24.3 Å². The second-order valence-corrected chi connectivity index (χ2v) is 10.4. The molecule has 0 spiro atoms. The van der Waals surface area contributed by atoms with Crippen molar-refractivity contribution in [3.63, 3.8) is 0 Å². The van der Waals surface area contributed by atoms with Gasteiger partial charge in [0.2, 0.25) is 15.9 Å². The van der Waals surface area contributed by atoms with Crippen LogP contribution in [0.3, 0.4) is 0 Å². The van der Waals surface area contributed by atoms with Crippen molar-refractivity contribution in [2.75, 3.05) is 22.9 Å². The highest BCUT2D eigenvalue weighted by atomic mass is 32.2. The van der Waals surface area contributed by atoms with Crippen LogP contribution >= 0.6 is 11.8 Å². The summed E-state index contributed by atoms with van der Waals surface area (Å²) in [5.41, 5.74) is 1.65. The second kappa shape index (κ2) is 10.4. The summed E-state index contributed by atoms with van der Waals surface area (Å²) in [5.74, 6) is 0.608. The number of anilines is 1. The van der Waals surface area contributed by atoms with E-state index >= 15 is 0 Å². The number of benzene rings is 1. The van der Waals surface area contributed by atoms with E-state index in [9.17, 15) is 13.2 Å². The number of carbonyl (C=O) groups is 1. The highest BCUT2D eigenvalue weighted by Gasteiger charge is 2.28. The molecule has 1 aromatic rings. The standard InChI is InChI=1S/C20H32N2O3S2/c1-4-17-10-12-18(13-11-17)22(27(3,24)25)16(2)20(23)21-14-15-26-19-8-6-5-7-9-19/h10-13,16,19H,4-9,14-15H2,1-3H3,(H,21,23). The zero-order valence-electron chi connectivity index (χ0n) is 16.6. The van der Waals surface area contributed by atoms with Crippen LogP contribution < -0.4 is 9.62 Å². The lowest BCUT2D eigenvalue weighted by molar-refractivity contribution is -0.121. The summed E-state index contributed by atoms with van der Waals surface area (Å²) in [5, 5.41) is 3.61. The van der Waals surface area contributed by atoms with Gasteiger partial charge in [-0.25, -0.2) is 8.42 Å². The van der Waals surface area contributed by atoms with E-state index in [1.807, 2.05) is 30.8 Å². The van der Waals surface area contributed by atoms with Gasteiger partial charge >= 0.3 is 0 Å². The molecule has 1 fully saturated rings. The molecule has 0 aromatic heterocycles. The Kier molecular flexibility index (Phi) is 8.48. The Labute approximate surface area is 168 Å². The summed E-state index contributed by atoms with van der Waals surface area (Å²) in [4.78, 5) is 12.6. The molecule has 1 saturated carbocycles. The van der Waals surface area contributed by atoms with Gasteiger partial charge in [0.1, 0.15) is 6.04 Å². The van der Waals surface area contributed by atoms with Gasteiger partial charge in [-0.05, 0) is 43.9 Å². The number of carbonyl (C=O) groups excluding carboxylic acids is 1. The normalized spacial score (nSPS) is 16.7. The fraction of sp³-hybridized carbons (Fsp3) is 0.650. The first kappa shape index (κ1) is 22.1. The number of thioether (sulfide) groups is 1. The zero-order valence-corrected chi connectivity index (χ0v) is 18.2. The summed E-state index contributed by atoms with van der Waals surface area (Å²) in [7, 11) is -3.56. The molecule has 1 aliphatic carbocycles. The summed E-state index contributed by atoms with van der Waals surface area (Å²) in [6.07, 6.45) is 8.51. The summed E-state index contributed by atoms with van der Waals surface area (Å²) in [6, 6.07) is 6.55. The maximum atomic E-state index is 12.6. The predicted octanol–water partition coefficient (Wildman–Crippen LogP) is 3.59. The van der Waals surface area contributed by atoms with Crippen LogP contribution in [0.4, 0.5) is 5.69 Å². The molecule has 0 aliphatic heterocycles. The van der Waals surface area contributed by atoms with Crippen LogP contribution in [-0.4, -0.2) is 44.2 Å². The maximum absolute atomic E-state index is 12.6. The predicted molar refractivity (Wildman–Crippen MR) is 115 cm³/mol. The van der Waals surface area contributed by atoms with Crippen LogP contribution in [0.1, 0.15) is 51.5 Å². The molecule has 152 valence electrons. The van der Waals surface area contributed by atoms with Gasteiger partial charge in [0, 0.05) is 17.5 Å². The van der Waals surface area contributed by atoms with E-state index in [4.69, 9.17) is 0 Å². The van der Waals surface area contributed by atoms with Gasteiger partial charge in [-0.1, -0.05) is 38.3 Å². The molecule has 1 N–H and O–H groups in total. The monoisotopic (exact) mass is 412 g/mol. The topological polar surface area (TPSA) is 66.5 Å². The Morgan fingerprint density at radius 2 is 1.85 bits per heavy atom. The van der Waals surface area contributed by atoms with Gasteiger partial charge in [0.25, 0.3) is 0 Å². The third-order valence-electron chi connectivity index (χ3n) is 4.99.